The second kappa shape index (κ2) is 6.66. The van der Waals surface area contributed by atoms with E-state index in [2.05, 4.69) is 17.1 Å². The highest BCUT2D eigenvalue weighted by molar-refractivity contribution is 7.11. The molecule has 5 heteroatoms. The van der Waals surface area contributed by atoms with Gasteiger partial charge in [-0.3, -0.25) is 0 Å². The summed E-state index contributed by atoms with van der Waals surface area (Å²) in [7, 11) is 0. The summed E-state index contributed by atoms with van der Waals surface area (Å²) in [5.41, 5.74) is 0. The highest BCUT2D eigenvalue weighted by Gasteiger charge is 2.30. The first-order valence-electron chi connectivity index (χ1n) is 6.30. The quantitative estimate of drug-likeness (QED) is 0.717. The van der Waals surface area contributed by atoms with Crippen molar-refractivity contribution in [3.05, 3.63) is 10.0 Å². The van der Waals surface area contributed by atoms with E-state index >= 15 is 0 Å². The third-order valence-corrected chi connectivity index (χ3v) is 4.36. The minimum absolute atomic E-state index is 0.494. The van der Waals surface area contributed by atoms with Crippen LogP contribution in [0, 0.1) is 5.92 Å². The van der Waals surface area contributed by atoms with Crippen LogP contribution in [0.2, 0.25) is 0 Å². The van der Waals surface area contributed by atoms with Crippen LogP contribution in [0.15, 0.2) is 0 Å². The van der Waals surface area contributed by atoms with Gasteiger partial charge >= 0.3 is 0 Å². The van der Waals surface area contributed by atoms with Gasteiger partial charge in [-0.05, 0) is 32.1 Å². The summed E-state index contributed by atoms with van der Waals surface area (Å²) in [4.78, 5) is 0. The van der Waals surface area contributed by atoms with Gasteiger partial charge in [-0.15, -0.1) is 33.1 Å². The van der Waals surface area contributed by atoms with Gasteiger partial charge < -0.3 is 4.74 Å². The molecule has 0 amide bonds. The first kappa shape index (κ1) is 13.2. The molecule has 1 heterocycles. The zero-order valence-electron chi connectivity index (χ0n) is 10.2. The first-order valence-corrected chi connectivity index (χ1v) is 7.65. The van der Waals surface area contributed by atoms with Gasteiger partial charge in [-0.25, -0.2) is 0 Å². The molecule has 0 radical (unpaired) electrons. The maximum atomic E-state index is 5.66. The lowest BCUT2D eigenvalue weighted by Gasteiger charge is -2.34. The third kappa shape index (κ3) is 3.90. The summed E-state index contributed by atoms with van der Waals surface area (Å²) in [6.45, 7) is 2.89. The Balaban J connectivity index is 1.71. The number of rotatable bonds is 7. The topological polar surface area (TPSA) is 35.0 Å². The van der Waals surface area contributed by atoms with Crippen LogP contribution in [0.25, 0.3) is 0 Å². The van der Waals surface area contributed by atoms with Gasteiger partial charge in [-0.1, -0.05) is 0 Å². The Morgan fingerprint density at radius 3 is 2.82 bits per heavy atom. The van der Waals surface area contributed by atoms with Crippen molar-refractivity contribution >= 4 is 22.9 Å². The van der Waals surface area contributed by atoms with Crippen molar-refractivity contribution in [3.63, 3.8) is 0 Å². The molecule has 2 rings (SSSR count). The van der Waals surface area contributed by atoms with Gasteiger partial charge in [0.05, 0.1) is 6.10 Å². The number of alkyl halides is 1. The fraction of sp³-hybridized carbons (Fsp3) is 0.833. The summed E-state index contributed by atoms with van der Waals surface area (Å²) in [5, 5.41) is 10.7. The zero-order chi connectivity index (χ0) is 12.1. The Morgan fingerprint density at radius 2 is 2.12 bits per heavy atom. The monoisotopic (exact) mass is 274 g/mol. The zero-order valence-corrected chi connectivity index (χ0v) is 11.8. The van der Waals surface area contributed by atoms with Gasteiger partial charge in [-0.2, -0.15) is 0 Å². The molecule has 0 aromatic carbocycles. The minimum atomic E-state index is 0.494. The van der Waals surface area contributed by atoms with Crippen molar-refractivity contribution in [2.45, 2.75) is 45.1 Å². The Kier molecular flexibility index (Phi) is 5.19. The molecule has 0 aliphatic heterocycles. The van der Waals surface area contributed by atoms with Crippen LogP contribution >= 0.6 is 22.9 Å². The van der Waals surface area contributed by atoms with E-state index in [1.54, 1.807) is 11.3 Å². The van der Waals surface area contributed by atoms with E-state index in [1.165, 1.54) is 17.8 Å². The van der Waals surface area contributed by atoms with Crippen LogP contribution in [0.4, 0.5) is 0 Å². The predicted octanol–water partition coefficient (Wildman–Crippen LogP) is 3.07. The Hall–Kier alpha value is -0.190. The van der Waals surface area contributed by atoms with Crippen LogP contribution < -0.4 is 0 Å². The molecule has 0 bridgehead atoms. The highest BCUT2D eigenvalue weighted by Crippen LogP contribution is 2.33. The fourth-order valence-corrected chi connectivity index (χ4v) is 3.28. The SMILES string of the molecule is CCOC1CC(Cc2nnc(CCCCl)s2)C1. The molecule has 1 aliphatic rings. The van der Waals surface area contributed by atoms with Crippen molar-refractivity contribution < 1.29 is 4.74 Å². The first-order chi connectivity index (χ1) is 8.31. The Morgan fingerprint density at radius 1 is 1.35 bits per heavy atom. The molecule has 1 aliphatic carbocycles. The van der Waals surface area contributed by atoms with Crippen molar-refractivity contribution in [1.82, 2.24) is 10.2 Å². The smallest absolute Gasteiger partial charge is 0.117 e. The summed E-state index contributed by atoms with van der Waals surface area (Å²) in [6.07, 6.45) is 5.89. The van der Waals surface area contributed by atoms with E-state index in [4.69, 9.17) is 16.3 Å². The maximum Gasteiger partial charge on any atom is 0.117 e. The second-order valence-electron chi connectivity index (χ2n) is 4.50. The molecule has 96 valence electrons. The molecule has 1 fully saturated rings. The molecule has 1 aromatic heterocycles. The molecular weight excluding hydrogens is 256 g/mol. The molecule has 3 nitrogen and oxygen atoms in total. The third-order valence-electron chi connectivity index (χ3n) is 3.09. The molecule has 17 heavy (non-hydrogen) atoms. The highest BCUT2D eigenvalue weighted by atomic mass is 35.5. The van der Waals surface area contributed by atoms with E-state index in [0.29, 0.717) is 12.0 Å². The number of hydrogen-bond acceptors (Lipinski definition) is 4. The lowest BCUT2D eigenvalue weighted by atomic mass is 9.80. The van der Waals surface area contributed by atoms with E-state index in [0.717, 1.165) is 36.8 Å². The van der Waals surface area contributed by atoms with Gasteiger partial charge in [0.2, 0.25) is 0 Å². The van der Waals surface area contributed by atoms with Crippen molar-refractivity contribution in [1.29, 1.82) is 0 Å². The van der Waals surface area contributed by atoms with E-state index < -0.39 is 0 Å². The number of hydrogen-bond donors (Lipinski definition) is 0. The van der Waals surface area contributed by atoms with Crippen molar-refractivity contribution in [3.8, 4) is 0 Å². The van der Waals surface area contributed by atoms with Crippen LogP contribution in [0.5, 0.6) is 0 Å². The van der Waals surface area contributed by atoms with E-state index in [1.807, 2.05) is 0 Å². The molecule has 0 spiro atoms. The summed E-state index contributed by atoms with van der Waals surface area (Å²) in [5.74, 6) is 1.45. The number of aromatic nitrogens is 2. The molecule has 1 aromatic rings. The Bertz CT molecular complexity index is 339. The molecular formula is C12H19ClN2OS. The molecule has 0 N–H and O–H groups in total. The molecule has 0 saturated heterocycles. The summed E-state index contributed by atoms with van der Waals surface area (Å²) >= 11 is 7.41. The number of ether oxygens (including phenoxy) is 1. The van der Waals surface area contributed by atoms with Gasteiger partial charge in [0.15, 0.2) is 0 Å². The molecule has 1 saturated carbocycles. The largest absolute Gasteiger partial charge is 0.378 e. The van der Waals surface area contributed by atoms with Gasteiger partial charge in [0.25, 0.3) is 0 Å². The van der Waals surface area contributed by atoms with Crippen LogP contribution in [-0.4, -0.2) is 28.8 Å². The summed E-state index contributed by atoms with van der Waals surface area (Å²) in [6, 6.07) is 0. The standard InChI is InChI=1S/C12H19ClN2OS/c1-2-16-10-6-9(7-10)8-12-15-14-11(17-12)4-3-5-13/h9-10H,2-8H2,1H3. The van der Waals surface area contributed by atoms with Crippen LogP contribution in [-0.2, 0) is 17.6 Å². The average Bonchev–Trinajstić information content (AvgIpc) is 2.71. The minimum Gasteiger partial charge on any atom is -0.378 e. The van der Waals surface area contributed by atoms with Crippen molar-refractivity contribution in [2.75, 3.05) is 12.5 Å². The summed E-state index contributed by atoms with van der Waals surface area (Å²) < 4.78 is 5.56. The number of halogens is 1. The number of aryl methyl sites for hydroxylation is 1. The lowest BCUT2D eigenvalue weighted by molar-refractivity contribution is -0.0240. The Labute approximate surface area is 112 Å². The number of nitrogens with zero attached hydrogens (tertiary/aromatic N) is 2. The maximum absolute atomic E-state index is 5.66. The normalized spacial score (nSPS) is 23.6. The molecule has 0 atom stereocenters. The van der Waals surface area contributed by atoms with Crippen LogP contribution in [0.1, 0.15) is 36.2 Å². The lowest BCUT2D eigenvalue weighted by Crippen LogP contribution is -2.32. The van der Waals surface area contributed by atoms with Gasteiger partial charge in [0.1, 0.15) is 10.0 Å². The van der Waals surface area contributed by atoms with E-state index in [9.17, 15) is 0 Å². The van der Waals surface area contributed by atoms with Crippen LogP contribution in [0.3, 0.4) is 0 Å². The van der Waals surface area contributed by atoms with E-state index in [-0.39, 0.29) is 0 Å². The molecule has 0 unspecified atom stereocenters. The van der Waals surface area contributed by atoms with Gasteiger partial charge in [0, 0.05) is 25.3 Å². The predicted molar refractivity (Wildman–Crippen MR) is 70.8 cm³/mol. The average molecular weight is 275 g/mol. The van der Waals surface area contributed by atoms with Crippen molar-refractivity contribution in [2.24, 2.45) is 5.92 Å². The second-order valence-corrected chi connectivity index (χ2v) is 6.03. The fourth-order valence-electron chi connectivity index (χ4n) is 2.15.